The first-order valence-corrected chi connectivity index (χ1v) is 8.31. The zero-order chi connectivity index (χ0) is 18.5. The van der Waals surface area contributed by atoms with E-state index in [4.69, 9.17) is 9.47 Å². The molecule has 0 aromatic heterocycles. The minimum absolute atomic E-state index is 0.0806. The Kier molecular flexibility index (Phi) is 5.39. The van der Waals surface area contributed by atoms with Crippen molar-refractivity contribution in [2.24, 2.45) is 0 Å². The number of thioether (sulfide) groups is 1. The number of carbonyl (C=O) groups is 1. The third-order valence-electron chi connectivity index (χ3n) is 3.43. The molecule has 0 saturated carbocycles. The third kappa shape index (κ3) is 4.13. The van der Waals surface area contributed by atoms with Crippen molar-refractivity contribution in [3.8, 4) is 17.6 Å². The van der Waals surface area contributed by atoms with Crippen LogP contribution in [0.3, 0.4) is 0 Å². The summed E-state index contributed by atoms with van der Waals surface area (Å²) < 4.78 is 35.2. The number of alkyl halides is 2. The largest absolute Gasteiger partial charge is 0.454 e. The van der Waals surface area contributed by atoms with E-state index >= 15 is 0 Å². The normalized spacial score (nSPS) is 12.8. The number of hydrogen-bond acceptors (Lipinski definition) is 5. The summed E-state index contributed by atoms with van der Waals surface area (Å²) in [7, 11) is 0. The van der Waals surface area contributed by atoms with Gasteiger partial charge in [-0.05, 0) is 36.4 Å². The zero-order valence-corrected chi connectivity index (χ0v) is 14.1. The lowest BCUT2D eigenvalue weighted by molar-refractivity contribution is -0.112. The molecule has 1 amide bonds. The first-order valence-electron chi connectivity index (χ1n) is 7.43. The van der Waals surface area contributed by atoms with Gasteiger partial charge in [-0.15, -0.1) is 0 Å². The second kappa shape index (κ2) is 7.89. The van der Waals surface area contributed by atoms with Crippen LogP contribution in [0.15, 0.2) is 52.9 Å². The Labute approximate surface area is 152 Å². The van der Waals surface area contributed by atoms with Crippen molar-refractivity contribution >= 4 is 29.4 Å². The second-order valence-electron chi connectivity index (χ2n) is 5.11. The van der Waals surface area contributed by atoms with Crippen molar-refractivity contribution in [2.75, 3.05) is 12.1 Å². The molecule has 2 aromatic rings. The average Bonchev–Trinajstić information content (AvgIpc) is 3.10. The first kappa shape index (κ1) is 17.8. The van der Waals surface area contributed by atoms with E-state index in [1.165, 1.54) is 30.3 Å². The smallest absolute Gasteiger partial charge is 0.288 e. The van der Waals surface area contributed by atoms with E-state index in [1.807, 2.05) is 6.07 Å². The summed E-state index contributed by atoms with van der Waals surface area (Å²) in [6, 6.07) is 12.9. The number of fused-ring (bicyclic) bond motifs is 1. The molecule has 0 spiro atoms. The van der Waals surface area contributed by atoms with Gasteiger partial charge in [-0.2, -0.15) is 14.0 Å². The maximum atomic E-state index is 12.3. The Morgan fingerprint density at radius 2 is 2.00 bits per heavy atom. The van der Waals surface area contributed by atoms with Crippen LogP contribution < -0.4 is 14.8 Å². The van der Waals surface area contributed by atoms with Crippen molar-refractivity contribution in [3.05, 3.63) is 53.6 Å². The van der Waals surface area contributed by atoms with Gasteiger partial charge < -0.3 is 14.8 Å². The monoisotopic (exact) mass is 374 g/mol. The number of rotatable bonds is 5. The molecule has 5 nitrogen and oxygen atoms in total. The molecule has 0 saturated heterocycles. The lowest BCUT2D eigenvalue weighted by Crippen LogP contribution is -2.13. The SMILES string of the molecule is N#C/C(=C\c1cccc2c1OCO2)C(=O)Nc1ccc(SC(F)F)cc1. The van der Waals surface area contributed by atoms with Crippen LogP contribution in [-0.4, -0.2) is 18.5 Å². The van der Waals surface area contributed by atoms with Crippen LogP contribution in [0.25, 0.3) is 6.08 Å². The minimum atomic E-state index is -2.51. The van der Waals surface area contributed by atoms with E-state index < -0.39 is 11.7 Å². The molecule has 1 N–H and O–H groups in total. The maximum absolute atomic E-state index is 12.3. The van der Waals surface area contributed by atoms with E-state index in [2.05, 4.69) is 5.32 Å². The topological polar surface area (TPSA) is 71.3 Å². The molecular weight excluding hydrogens is 362 g/mol. The van der Waals surface area contributed by atoms with Crippen LogP contribution in [0.5, 0.6) is 11.5 Å². The molecule has 0 atom stereocenters. The predicted molar refractivity (Wildman–Crippen MR) is 93.1 cm³/mol. The number of nitrogens with one attached hydrogen (secondary N) is 1. The second-order valence-corrected chi connectivity index (χ2v) is 6.17. The maximum Gasteiger partial charge on any atom is 0.288 e. The van der Waals surface area contributed by atoms with Gasteiger partial charge >= 0.3 is 0 Å². The summed E-state index contributed by atoms with van der Waals surface area (Å²) in [5.74, 6) is -2.11. The van der Waals surface area contributed by atoms with Gasteiger partial charge in [-0.25, -0.2) is 0 Å². The van der Waals surface area contributed by atoms with Crippen LogP contribution in [0.1, 0.15) is 5.56 Å². The van der Waals surface area contributed by atoms with Crippen molar-refractivity contribution < 1.29 is 23.0 Å². The molecule has 0 bridgehead atoms. The highest BCUT2D eigenvalue weighted by Crippen LogP contribution is 2.36. The number of anilines is 1. The Morgan fingerprint density at radius 1 is 1.23 bits per heavy atom. The number of nitrogens with zero attached hydrogens (tertiary/aromatic N) is 1. The van der Waals surface area contributed by atoms with E-state index in [9.17, 15) is 18.8 Å². The number of para-hydroxylation sites is 1. The van der Waals surface area contributed by atoms with Crippen molar-refractivity contribution in [2.45, 2.75) is 10.7 Å². The number of hydrogen-bond donors (Lipinski definition) is 1. The van der Waals surface area contributed by atoms with Gasteiger partial charge in [0.05, 0.1) is 0 Å². The van der Waals surface area contributed by atoms with E-state index in [1.54, 1.807) is 18.2 Å². The van der Waals surface area contributed by atoms with E-state index in [-0.39, 0.29) is 12.4 Å². The quantitative estimate of drug-likeness (QED) is 0.481. The summed E-state index contributed by atoms with van der Waals surface area (Å²) in [6.45, 7) is 0.0806. The fraction of sp³-hybridized carbons (Fsp3) is 0.111. The number of carbonyl (C=O) groups excluding carboxylic acids is 1. The number of amides is 1. The summed E-state index contributed by atoms with van der Waals surface area (Å²) in [5, 5.41) is 11.9. The van der Waals surface area contributed by atoms with Gasteiger partial charge in [0, 0.05) is 16.1 Å². The minimum Gasteiger partial charge on any atom is -0.454 e. The number of halogens is 2. The fourth-order valence-electron chi connectivity index (χ4n) is 2.29. The van der Waals surface area contributed by atoms with Gasteiger partial charge in [0.25, 0.3) is 11.7 Å². The number of ether oxygens (including phenoxy) is 2. The summed E-state index contributed by atoms with van der Waals surface area (Å²) in [5.41, 5.74) is 0.822. The molecule has 2 aromatic carbocycles. The van der Waals surface area contributed by atoms with Crippen molar-refractivity contribution in [1.82, 2.24) is 0 Å². The van der Waals surface area contributed by atoms with Gasteiger partial charge in [0.1, 0.15) is 11.6 Å². The summed E-state index contributed by atoms with van der Waals surface area (Å²) in [4.78, 5) is 12.7. The van der Waals surface area contributed by atoms with E-state index in [0.29, 0.717) is 39.4 Å². The van der Waals surface area contributed by atoms with Crippen LogP contribution in [-0.2, 0) is 4.79 Å². The zero-order valence-electron chi connectivity index (χ0n) is 13.2. The van der Waals surface area contributed by atoms with Gasteiger partial charge in [0.2, 0.25) is 6.79 Å². The Balaban J connectivity index is 1.76. The molecule has 1 heterocycles. The fourth-order valence-corrected chi connectivity index (χ4v) is 2.79. The predicted octanol–water partition coefficient (Wildman–Crippen LogP) is 4.28. The molecule has 1 aliphatic heterocycles. The van der Waals surface area contributed by atoms with E-state index in [0.717, 1.165) is 0 Å². The molecule has 0 unspecified atom stereocenters. The van der Waals surface area contributed by atoms with Crippen LogP contribution in [0, 0.1) is 11.3 Å². The first-order chi connectivity index (χ1) is 12.6. The van der Waals surface area contributed by atoms with Gasteiger partial charge in [-0.1, -0.05) is 23.9 Å². The highest BCUT2D eigenvalue weighted by Gasteiger charge is 2.18. The number of nitriles is 1. The van der Waals surface area contributed by atoms with Crippen LogP contribution >= 0.6 is 11.8 Å². The molecular formula is C18H12F2N2O3S. The number of benzene rings is 2. The van der Waals surface area contributed by atoms with Crippen LogP contribution in [0.2, 0.25) is 0 Å². The molecule has 0 radical (unpaired) electrons. The highest BCUT2D eigenvalue weighted by atomic mass is 32.2. The Hall–Kier alpha value is -3.05. The standard InChI is InChI=1S/C18H12F2N2O3S/c19-18(20)26-14-6-4-13(5-7-14)22-17(23)12(9-21)8-11-2-1-3-15-16(11)25-10-24-15/h1-8,18H,10H2,(H,22,23)/b12-8+. The highest BCUT2D eigenvalue weighted by molar-refractivity contribution is 7.99. The van der Waals surface area contributed by atoms with Crippen molar-refractivity contribution in [3.63, 3.8) is 0 Å². The molecule has 3 rings (SSSR count). The molecule has 0 aliphatic carbocycles. The van der Waals surface area contributed by atoms with Crippen molar-refractivity contribution in [1.29, 1.82) is 5.26 Å². The lowest BCUT2D eigenvalue weighted by atomic mass is 10.1. The molecule has 1 aliphatic rings. The lowest BCUT2D eigenvalue weighted by Gasteiger charge is -2.06. The molecule has 26 heavy (non-hydrogen) atoms. The summed E-state index contributed by atoms with van der Waals surface area (Å²) in [6.07, 6.45) is 1.41. The van der Waals surface area contributed by atoms with Gasteiger partial charge in [-0.3, -0.25) is 4.79 Å². The molecule has 8 heteroatoms. The average molecular weight is 374 g/mol. The Bertz CT molecular complexity index is 892. The van der Waals surface area contributed by atoms with Gasteiger partial charge in [0.15, 0.2) is 11.5 Å². The third-order valence-corrected chi connectivity index (χ3v) is 4.15. The summed E-state index contributed by atoms with van der Waals surface area (Å²) >= 11 is 0.414. The molecule has 132 valence electrons. The molecule has 0 fully saturated rings. The Morgan fingerprint density at radius 3 is 2.69 bits per heavy atom. The van der Waals surface area contributed by atoms with Crippen LogP contribution in [0.4, 0.5) is 14.5 Å².